The van der Waals surface area contributed by atoms with Gasteiger partial charge >= 0.3 is 0 Å². The van der Waals surface area contributed by atoms with E-state index in [1.807, 2.05) is 0 Å². The molecule has 78 valence electrons. The number of aliphatic imine (C=N–C) groups is 1. The van der Waals surface area contributed by atoms with Crippen LogP contribution in [-0.2, 0) is 10.3 Å². The number of nitrogens with zero attached hydrogens (tertiary/aromatic N) is 1. The predicted molar refractivity (Wildman–Crippen MR) is 50.1 cm³/mol. The second kappa shape index (κ2) is 3.24. The molecule has 0 N–H and O–H groups in total. The maximum absolute atomic E-state index is 13.5. The Morgan fingerprint density at radius 2 is 2.07 bits per heavy atom. The molecule has 0 radical (unpaired) electrons. The van der Waals surface area contributed by atoms with Crippen molar-refractivity contribution in [3.63, 3.8) is 0 Å². The summed E-state index contributed by atoms with van der Waals surface area (Å²) in [6.07, 6.45) is 2.56. The van der Waals surface area contributed by atoms with Crippen LogP contribution < -0.4 is 0 Å². The van der Waals surface area contributed by atoms with Crippen LogP contribution in [0.4, 0.5) is 8.78 Å². The molecule has 0 amide bonds. The van der Waals surface area contributed by atoms with Crippen LogP contribution in [0.1, 0.15) is 24.0 Å². The van der Waals surface area contributed by atoms with Crippen molar-refractivity contribution in [1.29, 1.82) is 0 Å². The highest BCUT2D eigenvalue weighted by molar-refractivity contribution is 5.43. The molecule has 2 nitrogen and oxygen atoms in total. The van der Waals surface area contributed by atoms with Crippen molar-refractivity contribution in [2.24, 2.45) is 4.99 Å². The second-order valence-electron chi connectivity index (χ2n) is 3.84. The number of carbonyl (C=O) groups excluding carboxylic acids is 1. The SMILES string of the molecule is Cc1cc(F)c(F)c(C2(N=C=O)CC2)c1. The number of benzene rings is 1. The Morgan fingerprint density at radius 3 is 2.60 bits per heavy atom. The summed E-state index contributed by atoms with van der Waals surface area (Å²) in [5.41, 5.74) is -0.0572. The van der Waals surface area contributed by atoms with Crippen LogP contribution in [0.15, 0.2) is 17.1 Å². The first-order valence-electron chi connectivity index (χ1n) is 4.64. The van der Waals surface area contributed by atoms with Crippen LogP contribution in [0.2, 0.25) is 0 Å². The molecule has 0 unspecified atom stereocenters. The molecule has 1 saturated carbocycles. The first-order chi connectivity index (χ1) is 7.09. The minimum absolute atomic E-state index is 0.170. The van der Waals surface area contributed by atoms with Gasteiger partial charge < -0.3 is 0 Å². The summed E-state index contributed by atoms with van der Waals surface area (Å²) in [5.74, 6) is -1.80. The minimum Gasteiger partial charge on any atom is -0.211 e. The number of isocyanates is 1. The van der Waals surface area contributed by atoms with E-state index < -0.39 is 17.2 Å². The van der Waals surface area contributed by atoms with Gasteiger partial charge in [-0.15, -0.1) is 0 Å². The Balaban J connectivity index is 2.57. The highest BCUT2D eigenvalue weighted by Crippen LogP contribution is 2.50. The number of hydrogen-bond acceptors (Lipinski definition) is 2. The molecule has 1 fully saturated rings. The molecule has 0 bridgehead atoms. The quantitative estimate of drug-likeness (QED) is 0.543. The lowest BCUT2D eigenvalue weighted by molar-refractivity contribution is 0.483. The average molecular weight is 209 g/mol. The summed E-state index contributed by atoms with van der Waals surface area (Å²) in [4.78, 5) is 13.8. The van der Waals surface area contributed by atoms with Crippen molar-refractivity contribution < 1.29 is 13.6 Å². The number of halogens is 2. The maximum atomic E-state index is 13.5. The Labute approximate surface area is 85.6 Å². The molecule has 0 heterocycles. The molecule has 1 aromatic carbocycles. The Kier molecular flexibility index (Phi) is 2.16. The van der Waals surface area contributed by atoms with E-state index in [-0.39, 0.29) is 5.56 Å². The van der Waals surface area contributed by atoms with Gasteiger partial charge in [-0.05, 0) is 31.4 Å². The van der Waals surface area contributed by atoms with Gasteiger partial charge in [0.25, 0.3) is 0 Å². The summed E-state index contributed by atoms with van der Waals surface area (Å²) in [6, 6.07) is 2.66. The van der Waals surface area contributed by atoms with Crippen molar-refractivity contribution in [3.8, 4) is 0 Å². The van der Waals surface area contributed by atoms with Crippen molar-refractivity contribution in [2.75, 3.05) is 0 Å². The molecule has 15 heavy (non-hydrogen) atoms. The Morgan fingerprint density at radius 1 is 1.40 bits per heavy atom. The largest absolute Gasteiger partial charge is 0.235 e. The van der Waals surface area contributed by atoms with E-state index in [0.29, 0.717) is 18.4 Å². The van der Waals surface area contributed by atoms with Crippen LogP contribution >= 0.6 is 0 Å². The molecule has 0 aliphatic heterocycles. The van der Waals surface area contributed by atoms with Gasteiger partial charge in [0.05, 0.1) is 0 Å². The number of hydrogen-bond donors (Lipinski definition) is 0. The maximum Gasteiger partial charge on any atom is 0.235 e. The molecule has 2 rings (SSSR count). The minimum atomic E-state index is -0.905. The van der Waals surface area contributed by atoms with Crippen LogP contribution in [0.25, 0.3) is 0 Å². The van der Waals surface area contributed by atoms with Crippen LogP contribution in [0.5, 0.6) is 0 Å². The van der Waals surface area contributed by atoms with Crippen LogP contribution in [0.3, 0.4) is 0 Å². The standard InChI is InChI=1S/C11H9F2NO/c1-7-4-8(10(13)9(12)5-7)11(2-3-11)14-6-15/h4-5H,2-3H2,1H3. The topological polar surface area (TPSA) is 29.4 Å². The van der Waals surface area contributed by atoms with Crippen molar-refractivity contribution in [1.82, 2.24) is 0 Å². The molecule has 0 aromatic heterocycles. The summed E-state index contributed by atoms with van der Waals surface area (Å²) in [7, 11) is 0. The fourth-order valence-electron chi connectivity index (χ4n) is 1.71. The zero-order valence-electron chi connectivity index (χ0n) is 8.18. The summed E-state index contributed by atoms with van der Waals surface area (Å²) in [5, 5.41) is 0. The van der Waals surface area contributed by atoms with Crippen molar-refractivity contribution in [3.05, 3.63) is 34.9 Å². The van der Waals surface area contributed by atoms with E-state index in [4.69, 9.17) is 0 Å². The second-order valence-corrected chi connectivity index (χ2v) is 3.84. The van der Waals surface area contributed by atoms with Gasteiger partial charge in [0.1, 0.15) is 5.54 Å². The van der Waals surface area contributed by atoms with Crippen LogP contribution in [-0.4, -0.2) is 6.08 Å². The Bertz CT molecular complexity index is 460. The third-order valence-corrected chi connectivity index (χ3v) is 2.66. The molecule has 4 heteroatoms. The van der Waals surface area contributed by atoms with Crippen molar-refractivity contribution in [2.45, 2.75) is 25.3 Å². The normalized spacial score (nSPS) is 17.0. The lowest BCUT2D eigenvalue weighted by Crippen LogP contribution is -2.07. The summed E-state index contributed by atoms with van der Waals surface area (Å²) >= 11 is 0. The van der Waals surface area contributed by atoms with Gasteiger partial charge in [0, 0.05) is 5.56 Å². The van der Waals surface area contributed by atoms with E-state index in [1.54, 1.807) is 6.92 Å². The zero-order valence-corrected chi connectivity index (χ0v) is 8.18. The number of rotatable bonds is 2. The summed E-state index contributed by atoms with van der Waals surface area (Å²) < 4.78 is 26.6. The fourth-order valence-corrected chi connectivity index (χ4v) is 1.71. The number of aryl methyl sites for hydroxylation is 1. The first-order valence-corrected chi connectivity index (χ1v) is 4.64. The lowest BCUT2D eigenvalue weighted by atomic mass is 10.0. The summed E-state index contributed by atoms with van der Waals surface area (Å²) in [6.45, 7) is 1.67. The molecular weight excluding hydrogens is 200 g/mol. The smallest absolute Gasteiger partial charge is 0.211 e. The molecule has 1 aromatic rings. The highest BCUT2D eigenvalue weighted by Gasteiger charge is 2.47. The van der Waals surface area contributed by atoms with E-state index in [0.717, 1.165) is 6.07 Å². The van der Waals surface area contributed by atoms with E-state index in [2.05, 4.69) is 4.99 Å². The van der Waals surface area contributed by atoms with Gasteiger partial charge in [0.2, 0.25) is 6.08 Å². The zero-order chi connectivity index (χ0) is 11.1. The molecule has 0 atom stereocenters. The average Bonchev–Trinajstić information content (AvgIpc) is 2.93. The fraction of sp³-hybridized carbons (Fsp3) is 0.364. The van der Waals surface area contributed by atoms with Gasteiger partial charge in [-0.25, -0.2) is 13.6 Å². The van der Waals surface area contributed by atoms with Gasteiger partial charge in [-0.3, -0.25) is 0 Å². The molecule has 1 aliphatic rings. The van der Waals surface area contributed by atoms with E-state index >= 15 is 0 Å². The van der Waals surface area contributed by atoms with Gasteiger partial charge in [0.15, 0.2) is 11.6 Å². The van der Waals surface area contributed by atoms with E-state index in [9.17, 15) is 13.6 Å². The Hall–Kier alpha value is -1.54. The highest BCUT2D eigenvalue weighted by atomic mass is 19.2. The van der Waals surface area contributed by atoms with Gasteiger partial charge in [-0.2, -0.15) is 4.99 Å². The molecule has 1 aliphatic carbocycles. The van der Waals surface area contributed by atoms with E-state index in [1.165, 1.54) is 12.1 Å². The third-order valence-electron chi connectivity index (χ3n) is 2.66. The monoisotopic (exact) mass is 209 g/mol. The lowest BCUT2D eigenvalue weighted by Gasteiger charge is -2.10. The third kappa shape index (κ3) is 1.57. The predicted octanol–water partition coefficient (Wildman–Crippen LogP) is 2.60. The first kappa shape index (κ1) is 9.99. The van der Waals surface area contributed by atoms with Crippen LogP contribution in [0, 0.1) is 18.6 Å². The molecule has 0 spiro atoms. The molecular formula is C11H9F2NO. The molecule has 0 saturated heterocycles. The van der Waals surface area contributed by atoms with Crippen molar-refractivity contribution >= 4 is 6.08 Å². The van der Waals surface area contributed by atoms with Gasteiger partial charge in [-0.1, -0.05) is 6.07 Å².